The van der Waals surface area contributed by atoms with Gasteiger partial charge in [0.2, 0.25) is 0 Å². The molecule has 1 rings (SSSR count). The summed E-state index contributed by atoms with van der Waals surface area (Å²) in [4.78, 5) is 10.5. The minimum atomic E-state index is -0.973. The van der Waals surface area contributed by atoms with Gasteiger partial charge in [-0.05, 0) is 19.3 Å². The third-order valence-electron chi connectivity index (χ3n) is 2.16. The summed E-state index contributed by atoms with van der Waals surface area (Å²) in [7, 11) is 0. The molecule has 1 saturated heterocycles. The van der Waals surface area contributed by atoms with Crippen molar-refractivity contribution >= 4 is 5.97 Å². The summed E-state index contributed by atoms with van der Waals surface area (Å²) in [6.07, 6.45) is 2.36. The van der Waals surface area contributed by atoms with Gasteiger partial charge in [0.15, 0.2) is 0 Å². The van der Waals surface area contributed by atoms with E-state index in [1.165, 1.54) is 0 Å². The highest BCUT2D eigenvalue weighted by Gasteiger charge is 2.25. The van der Waals surface area contributed by atoms with Crippen LogP contribution in [0, 0.1) is 5.92 Å². The fraction of sp³-hybridized carbons (Fsp3) is 0.875. The zero-order valence-corrected chi connectivity index (χ0v) is 6.71. The van der Waals surface area contributed by atoms with Gasteiger partial charge in [-0.2, -0.15) is 0 Å². The molecule has 1 aliphatic heterocycles. The summed E-state index contributed by atoms with van der Waals surface area (Å²) >= 11 is 0. The molecule has 1 heterocycles. The van der Waals surface area contributed by atoms with Gasteiger partial charge in [0.05, 0.1) is 6.10 Å². The Labute approximate surface area is 66.4 Å². The normalized spacial score (nSPS) is 26.8. The molecule has 1 fully saturated rings. The second-order valence-corrected chi connectivity index (χ2v) is 2.89. The molecule has 0 aromatic carbocycles. The fourth-order valence-corrected chi connectivity index (χ4v) is 1.50. The van der Waals surface area contributed by atoms with Crippen molar-refractivity contribution in [3.05, 3.63) is 0 Å². The van der Waals surface area contributed by atoms with E-state index < -0.39 is 11.9 Å². The largest absolute Gasteiger partial charge is 0.550 e. The molecular weight excluding hydrogens is 144 g/mol. The van der Waals surface area contributed by atoms with Gasteiger partial charge < -0.3 is 14.6 Å². The van der Waals surface area contributed by atoms with Gasteiger partial charge in [-0.1, -0.05) is 6.92 Å². The summed E-state index contributed by atoms with van der Waals surface area (Å²) in [5, 5.41) is 10.5. The molecule has 11 heavy (non-hydrogen) atoms. The average Bonchev–Trinajstić information content (AvgIpc) is 2.40. The lowest BCUT2D eigenvalue weighted by molar-refractivity contribution is -0.314. The summed E-state index contributed by atoms with van der Waals surface area (Å²) < 4.78 is 5.25. The van der Waals surface area contributed by atoms with Crippen LogP contribution in [0.3, 0.4) is 0 Å². The number of hydrogen-bond donors (Lipinski definition) is 0. The first-order valence-corrected chi connectivity index (χ1v) is 4.08. The van der Waals surface area contributed by atoms with Gasteiger partial charge in [0.25, 0.3) is 0 Å². The zero-order valence-electron chi connectivity index (χ0n) is 6.71. The van der Waals surface area contributed by atoms with Crippen molar-refractivity contribution in [1.29, 1.82) is 0 Å². The molecule has 64 valence electrons. The molecule has 0 radical (unpaired) electrons. The Balaban J connectivity index is 2.46. The Morgan fingerprint density at radius 2 is 2.55 bits per heavy atom. The molecule has 0 bridgehead atoms. The van der Waals surface area contributed by atoms with E-state index in [2.05, 4.69) is 0 Å². The molecule has 0 aromatic rings. The lowest BCUT2D eigenvalue weighted by Gasteiger charge is -2.21. The maximum atomic E-state index is 10.5. The van der Waals surface area contributed by atoms with Crippen LogP contribution >= 0.6 is 0 Å². The van der Waals surface area contributed by atoms with Crippen molar-refractivity contribution < 1.29 is 14.6 Å². The minimum absolute atomic E-state index is 0.0926. The van der Waals surface area contributed by atoms with Gasteiger partial charge in [-0.25, -0.2) is 0 Å². The Morgan fingerprint density at radius 1 is 1.82 bits per heavy atom. The Hall–Kier alpha value is -0.570. The van der Waals surface area contributed by atoms with Crippen molar-refractivity contribution in [2.45, 2.75) is 32.3 Å². The number of aliphatic carboxylic acids is 1. The predicted octanol–water partition coefficient (Wildman–Crippen LogP) is -0.0585. The van der Waals surface area contributed by atoms with Gasteiger partial charge >= 0.3 is 0 Å². The van der Waals surface area contributed by atoms with Crippen LogP contribution < -0.4 is 5.11 Å². The van der Waals surface area contributed by atoms with Gasteiger partial charge in [0.1, 0.15) is 0 Å². The van der Waals surface area contributed by atoms with E-state index in [0.29, 0.717) is 13.0 Å². The predicted molar refractivity (Wildman–Crippen MR) is 37.8 cm³/mol. The molecule has 0 N–H and O–H groups in total. The molecule has 3 nitrogen and oxygen atoms in total. The minimum Gasteiger partial charge on any atom is -0.550 e. The molecule has 0 saturated carbocycles. The van der Waals surface area contributed by atoms with Crippen LogP contribution in [-0.4, -0.2) is 18.7 Å². The van der Waals surface area contributed by atoms with Crippen molar-refractivity contribution in [2.24, 2.45) is 5.92 Å². The smallest absolute Gasteiger partial charge is 0.0656 e. The standard InChI is InChI=1S/C8H14O3/c1-2-6(8(9)10)7-4-3-5-11-7/h6-7H,2-5H2,1H3,(H,9,10)/p-1. The van der Waals surface area contributed by atoms with Crippen LogP contribution in [0.4, 0.5) is 0 Å². The molecule has 2 atom stereocenters. The Kier molecular flexibility index (Phi) is 2.88. The summed E-state index contributed by atoms with van der Waals surface area (Å²) in [6, 6.07) is 0. The topological polar surface area (TPSA) is 49.4 Å². The number of carbonyl (C=O) groups excluding carboxylic acids is 1. The summed E-state index contributed by atoms with van der Waals surface area (Å²) in [5.41, 5.74) is 0. The van der Waals surface area contributed by atoms with E-state index in [9.17, 15) is 9.90 Å². The number of carboxylic acids is 1. The lowest BCUT2D eigenvalue weighted by Crippen LogP contribution is -2.38. The average molecular weight is 157 g/mol. The van der Waals surface area contributed by atoms with Crippen molar-refractivity contribution in [1.82, 2.24) is 0 Å². The Morgan fingerprint density at radius 3 is 2.91 bits per heavy atom. The van der Waals surface area contributed by atoms with Crippen molar-refractivity contribution in [3.8, 4) is 0 Å². The molecule has 0 aliphatic carbocycles. The molecule has 3 heteroatoms. The molecular formula is C8H13O3-. The third kappa shape index (κ3) is 1.93. The zero-order chi connectivity index (χ0) is 8.27. The molecule has 0 amide bonds. The van der Waals surface area contributed by atoms with Crippen molar-refractivity contribution in [2.75, 3.05) is 6.61 Å². The SMILES string of the molecule is CCC(C(=O)[O-])C1CCCO1. The van der Waals surface area contributed by atoms with Gasteiger partial charge in [-0.15, -0.1) is 0 Å². The number of carboxylic acid groups (broad SMARTS) is 1. The number of carbonyl (C=O) groups is 1. The maximum absolute atomic E-state index is 10.5. The quantitative estimate of drug-likeness (QED) is 0.576. The van der Waals surface area contributed by atoms with Crippen LogP contribution in [0.25, 0.3) is 0 Å². The highest BCUT2D eigenvalue weighted by molar-refractivity contribution is 5.68. The van der Waals surface area contributed by atoms with Crippen LogP contribution in [0.1, 0.15) is 26.2 Å². The van der Waals surface area contributed by atoms with E-state index >= 15 is 0 Å². The maximum Gasteiger partial charge on any atom is 0.0656 e. The van der Waals surface area contributed by atoms with Crippen molar-refractivity contribution in [3.63, 3.8) is 0 Å². The lowest BCUT2D eigenvalue weighted by atomic mass is 9.98. The molecule has 0 aromatic heterocycles. The van der Waals surface area contributed by atoms with E-state index in [-0.39, 0.29) is 6.10 Å². The van der Waals surface area contributed by atoms with Gasteiger partial charge in [0, 0.05) is 18.5 Å². The van der Waals surface area contributed by atoms with Gasteiger partial charge in [-0.3, -0.25) is 0 Å². The van der Waals surface area contributed by atoms with E-state index in [1.54, 1.807) is 0 Å². The molecule has 2 unspecified atom stereocenters. The van der Waals surface area contributed by atoms with E-state index in [1.807, 2.05) is 6.92 Å². The number of hydrogen-bond acceptors (Lipinski definition) is 3. The second kappa shape index (κ2) is 3.72. The molecule has 1 aliphatic rings. The van der Waals surface area contributed by atoms with E-state index in [4.69, 9.17) is 4.74 Å². The number of rotatable bonds is 3. The molecule has 0 spiro atoms. The second-order valence-electron chi connectivity index (χ2n) is 2.89. The monoisotopic (exact) mass is 157 g/mol. The Bertz CT molecular complexity index is 138. The summed E-state index contributed by atoms with van der Waals surface area (Å²) in [5.74, 6) is -1.38. The van der Waals surface area contributed by atoms with E-state index in [0.717, 1.165) is 12.8 Å². The van der Waals surface area contributed by atoms with Crippen LogP contribution in [0.15, 0.2) is 0 Å². The first-order chi connectivity index (χ1) is 5.25. The van der Waals surface area contributed by atoms with Crippen LogP contribution in [0.2, 0.25) is 0 Å². The van der Waals surface area contributed by atoms with Crippen LogP contribution in [0.5, 0.6) is 0 Å². The number of ether oxygens (including phenoxy) is 1. The first-order valence-electron chi connectivity index (χ1n) is 4.08. The highest BCUT2D eigenvalue weighted by atomic mass is 16.5. The highest BCUT2D eigenvalue weighted by Crippen LogP contribution is 2.22. The van der Waals surface area contributed by atoms with Crippen LogP contribution in [-0.2, 0) is 9.53 Å². The fourth-order valence-electron chi connectivity index (χ4n) is 1.50. The third-order valence-corrected chi connectivity index (χ3v) is 2.16. The first kappa shape index (κ1) is 8.53. The summed E-state index contributed by atoms with van der Waals surface area (Å²) in [6.45, 7) is 2.55.